The lowest BCUT2D eigenvalue weighted by Crippen LogP contribution is -2.33. The molecule has 0 aliphatic carbocycles. The van der Waals surface area contributed by atoms with Crippen molar-refractivity contribution in [2.75, 3.05) is 19.0 Å². The van der Waals surface area contributed by atoms with Crippen molar-refractivity contribution in [3.63, 3.8) is 0 Å². The molecule has 0 aliphatic rings. The van der Waals surface area contributed by atoms with E-state index in [2.05, 4.69) is 10.6 Å². The lowest BCUT2D eigenvalue weighted by atomic mass is 10.1. The molecule has 144 valence electrons. The number of rotatable bonds is 6. The lowest BCUT2D eigenvalue weighted by molar-refractivity contribution is -0.115. The average Bonchev–Trinajstić information content (AvgIpc) is 2.61. The van der Waals surface area contributed by atoms with Crippen molar-refractivity contribution in [1.29, 1.82) is 0 Å². The Morgan fingerprint density at radius 1 is 1.07 bits per heavy atom. The van der Waals surface area contributed by atoms with Crippen molar-refractivity contribution in [3.8, 4) is 5.75 Å². The van der Waals surface area contributed by atoms with Gasteiger partial charge in [-0.1, -0.05) is 6.07 Å². The Morgan fingerprint density at radius 3 is 2.37 bits per heavy atom. The molecule has 2 aromatic carbocycles. The molecule has 9 heteroatoms. The molecule has 2 aromatic rings. The Hall–Kier alpha value is -2.91. The van der Waals surface area contributed by atoms with E-state index in [1.165, 1.54) is 25.3 Å². The molecule has 4 N–H and O–H groups in total. The van der Waals surface area contributed by atoms with Gasteiger partial charge < -0.3 is 15.4 Å². The molecular weight excluding hydrogens is 370 g/mol. The summed E-state index contributed by atoms with van der Waals surface area (Å²) in [5, 5.41) is 10.2. The average molecular weight is 391 g/mol. The highest BCUT2D eigenvalue weighted by atomic mass is 32.2. The minimum absolute atomic E-state index is 0.0681. The van der Waals surface area contributed by atoms with Gasteiger partial charge in [0.25, 0.3) is 5.91 Å². The molecule has 0 bridgehead atoms. The number of benzene rings is 2. The number of primary sulfonamides is 1. The first-order valence-corrected chi connectivity index (χ1v) is 9.52. The van der Waals surface area contributed by atoms with Crippen LogP contribution in [-0.4, -0.2) is 33.9 Å². The molecular formula is C18H21N3O5S. The molecule has 0 saturated carbocycles. The highest BCUT2D eigenvalue weighted by Gasteiger charge is 2.16. The Kier molecular flexibility index (Phi) is 6.19. The van der Waals surface area contributed by atoms with Crippen LogP contribution in [0.25, 0.3) is 0 Å². The van der Waals surface area contributed by atoms with E-state index in [-0.39, 0.29) is 28.8 Å². The van der Waals surface area contributed by atoms with E-state index >= 15 is 0 Å². The number of ether oxygens (including phenoxy) is 1. The summed E-state index contributed by atoms with van der Waals surface area (Å²) in [6.07, 6.45) is 0. The first kappa shape index (κ1) is 20.4. The van der Waals surface area contributed by atoms with Crippen LogP contribution in [0.15, 0.2) is 41.3 Å². The monoisotopic (exact) mass is 391 g/mol. The number of methoxy groups -OCH3 is 1. The van der Waals surface area contributed by atoms with Gasteiger partial charge >= 0.3 is 0 Å². The maximum absolute atomic E-state index is 12.1. The molecule has 0 spiro atoms. The third-order valence-electron chi connectivity index (χ3n) is 3.93. The fourth-order valence-corrected chi connectivity index (χ4v) is 3.05. The maximum Gasteiger partial charge on any atom is 0.251 e. The fraction of sp³-hybridized carbons (Fsp3) is 0.222. The van der Waals surface area contributed by atoms with Crippen LogP contribution in [0.1, 0.15) is 21.5 Å². The number of hydrogen-bond donors (Lipinski definition) is 3. The summed E-state index contributed by atoms with van der Waals surface area (Å²) in [4.78, 5) is 23.9. The van der Waals surface area contributed by atoms with Crippen LogP contribution in [0.2, 0.25) is 0 Å². The van der Waals surface area contributed by atoms with Crippen LogP contribution in [0, 0.1) is 13.8 Å². The van der Waals surface area contributed by atoms with Gasteiger partial charge in [-0.25, -0.2) is 13.6 Å². The minimum Gasteiger partial charge on any atom is -0.495 e. The number of carbonyl (C=O) groups is 2. The zero-order valence-electron chi connectivity index (χ0n) is 15.2. The van der Waals surface area contributed by atoms with E-state index in [4.69, 9.17) is 9.88 Å². The molecule has 0 aromatic heterocycles. The van der Waals surface area contributed by atoms with Gasteiger partial charge in [0.1, 0.15) is 10.6 Å². The zero-order chi connectivity index (χ0) is 20.2. The van der Waals surface area contributed by atoms with E-state index in [9.17, 15) is 18.0 Å². The predicted molar refractivity (Wildman–Crippen MR) is 101 cm³/mol. The quantitative estimate of drug-likeness (QED) is 0.684. The zero-order valence-corrected chi connectivity index (χ0v) is 16.0. The number of aryl methyl sites for hydroxylation is 2. The van der Waals surface area contributed by atoms with Crippen molar-refractivity contribution in [2.45, 2.75) is 18.7 Å². The predicted octanol–water partition coefficient (Wildman–Crippen LogP) is 1.33. The largest absolute Gasteiger partial charge is 0.495 e. The fourth-order valence-electron chi connectivity index (χ4n) is 2.33. The van der Waals surface area contributed by atoms with Gasteiger partial charge in [0.2, 0.25) is 15.9 Å². The molecule has 0 radical (unpaired) electrons. The summed E-state index contributed by atoms with van der Waals surface area (Å²) in [5.41, 5.74) is 2.70. The smallest absolute Gasteiger partial charge is 0.251 e. The first-order chi connectivity index (χ1) is 12.6. The SMILES string of the molecule is COc1ccc(NC(=O)CNC(=O)c2ccc(C)c(C)c2)cc1S(N)(=O)=O. The van der Waals surface area contributed by atoms with Crippen LogP contribution in [-0.2, 0) is 14.8 Å². The minimum atomic E-state index is -4.02. The van der Waals surface area contributed by atoms with Gasteiger partial charge in [-0.3, -0.25) is 9.59 Å². The van der Waals surface area contributed by atoms with E-state index < -0.39 is 15.9 Å². The summed E-state index contributed by atoms with van der Waals surface area (Å²) >= 11 is 0. The molecule has 2 amide bonds. The van der Waals surface area contributed by atoms with Gasteiger partial charge in [-0.2, -0.15) is 0 Å². The van der Waals surface area contributed by atoms with Crippen molar-refractivity contribution in [1.82, 2.24) is 5.32 Å². The van der Waals surface area contributed by atoms with Crippen LogP contribution < -0.4 is 20.5 Å². The number of amides is 2. The number of carbonyl (C=O) groups excluding carboxylic acids is 2. The Labute approximate surface area is 157 Å². The van der Waals surface area contributed by atoms with Crippen LogP contribution in [0.3, 0.4) is 0 Å². The molecule has 0 fully saturated rings. The number of nitrogens with one attached hydrogen (secondary N) is 2. The molecule has 27 heavy (non-hydrogen) atoms. The Balaban J connectivity index is 2.03. The van der Waals surface area contributed by atoms with Crippen LogP contribution in [0.4, 0.5) is 5.69 Å². The van der Waals surface area contributed by atoms with E-state index in [0.717, 1.165) is 11.1 Å². The molecule has 8 nitrogen and oxygen atoms in total. The lowest BCUT2D eigenvalue weighted by Gasteiger charge is -2.11. The van der Waals surface area contributed by atoms with E-state index in [1.807, 2.05) is 19.9 Å². The standard InChI is InChI=1S/C18H21N3O5S/c1-11-4-5-13(8-12(11)2)18(23)20-10-17(22)21-14-6-7-15(26-3)16(9-14)27(19,24)25/h4-9H,10H2,1-3H3,(H,20,23)(H,21,22)(H2,19,24,25). The van der Waals surface area contributed by atoms with Gasteiger partial charge in [0.15, 0.2) is 0 Å². The third kappa shape index (κ3) is 5.28. The summed E-state index contributed by atoms with van der Waals surface area (Å²) in [6.45, 7) is 3.56. The number of nitrogens with two attached hydrogens (primary N) is 1. The highest BCUT2D eigenvalue weighted by Crippen LogP contribution is 2.25. The Morgan fingerprint density at radius 2 is 1.78 bits per heavy atom. The summed E-state index contributed by atoms with van der Waals surface area (Å²) in [7, 11) is -2.71. The molecule has 0 unspecified atom stereocenters. The maximum atomic E-state index is 12.1. The second kappa shape index (κ2) is 8.19. The van der Waals surface area contributed by atoms with Gasteiger partial charge in [0, 0.05) is 11.3 Å². The molecule has 0 saturated heterocycles. The van der Waals surface area contributed by atoms with E-state index in [0.29, 0.717) is 5.56 Å². The second-order valence-corrected chi connectivity index (χ2v) is 7.47. The molecule has 0 aliphatic heterocycles. The van der Waals surface area contributed by atoms with E-state index in [1.54, 1.807) is 12.1 Å². The van der Waals surface area contributed by atoms with Crippen molar-refractivity contribution < 1.29 is 22.7 Å². The van der Waals surface area contributed by atoms with Crippen molar-refractivity contribution in [3.05, 3.63) is 53.1 Å². The summed E-state index contributed by atoms with van der Waals surface area (Å²) in [5.74, 6) is -0.829. The molecule has 0 atom stereocenters. The normalized spacial score (nSPS) is 11.0. The summed E-state index contributed by atoms with van der Waals surface area (Å²) in [6, 6.07) is 9.29. The molecule has 2 rings (SSSR count). The number of hydrogen-bond acceptors (Lipinski definition) is 5. The van der Waals surface area contributed by atoms with Gasteiger partial charge in [-0.05, 0) is 55.3 Å². The second-order valence-electron chi connectivity index (χ2n) is 5.94. The Bertz CT molecular complexity index is 986. The van der Waals surface area contributed by atoms with Gasteiger partial charge in [0.05, 0.1) is 13.7 Å². The van der Waals surface area contributed by atoms with Crippen LogP contribution >= 0.6 is 0 Å². The molecule has 0 heterocycles. The van der Waals surface area contributed by atoms with Gasteiger partial charge in [-0.15, -0.1) is 0 Å². The topological polar surface area (TPSA) is 128 Å². The third-order valence-corrected chi connectivity index (χ3v) is 4.86. The highest BCUT2D eigenvalue weighted by molar-refractivity contribution is 7.89. The summed E-state index contributed by atoms with van der Waals surface area (Å²) < 4.78 is 28.2. The van der Waals surface area contributed by atoms with Crippen molar-refractivity contribution in [2.24, 2.45) is 5.14 Å². The number of anilines is 1. The van der Waals surface area contributed by atoms with Crippen molar-refractivity contribution >= 4 is 27.5 Å². The number of sulfonamides is 1. The first-order valence-electron chi connectivity index (χ1n) is 7.98. The van der Waals surface area contributed by atoms with Crippen LogP contribution in [0.5, 0.6) is 5.75 Å².